The maximum Gasteiger partial charge on any atom is 0.225 e. The maximum absolute atomic E-state index is 13.1. The second-order valence-corrected chi connectivity index (χ2v) is 9.27. The maximum atomic E-state index is 13.1. The number of nitrogens with zero attached hydrogens (tertiary/aromatic N) is 3. The van der Waals surface area contributed by atoms with Gasteiger partial charge in [0, 0.05) is 37.8 Å². The largest absolute Gasteiger partial charge is 0.373 e. The normalized spacial score (nSPS) is 29.8. The van der Waals surface area contributed by atoms with Crippen molar-refractivity contribution in [3.05, 3.63) is 30.1 Å². The summed E-state index contributed by atoms with van der Waals surface area (Å²) in [6.07, 6.45) is 10.7. The quantitative estimate of drug-likeness (QED) is 0.805. The lowest BCUT2D eigenvalue weighted by atomic mass is 9.56. The summed E-state index contributed by atoms with van der Waals surface area (Å²) in [6, 6.07) is 4.19. The molecule has 2 aliphatic carbocycles. The lowest BCUT2D eigenvalue weighted by Gasteiger charge is -2.62. The molecule has 6 heteroatoms. The first kappa shape index (κ1) is 18.1. The number of likely N-dealkylation sites (tertiary alicyclic amines) is 1. The van der Waals surface area contributed by atoms with Crippen LogP contribution in [-0.4, -0.2) is 57.9 Å². The number of pyridine rings is 1. The Morgan fingerprint density at radius 3 is 2.61 bits per heavy atom. The Kier molecular flexibility index (Phi) is 4.23. The van der Waals surface area contributed by atoms with Crippen molar-refractivity contribution in [3.63, 3.8) is 0 Å². The topological polar surface area (TPSA) is 62.7 Å². The van der Waals surface area contributed by atoms with E-state index in [4.69, 9.17) is 4.74 Å². The molecule has 1 aromatic heterocycles. The van der Waals surface area contributed by atoms with E-state index in [1.807, 2.05) is 22.1 Å². The summed E-state index contributed by atoms with van der Waals surface area (Å²) in [5, 5.41) is 0. The highest BCUT2D eigenvalue weighted by Crippen LogP contribution is 2.60. The standard InChI is InChI=1S/C22H29N3O3/c1-16(26)25-13-18(28-15-22(25)8-4-9-22)11-19(27)24-14-21(6-3-7-21)20(24)17-5-2-10-23-12-17/h2,5,10,12,18,20H,3-4,6-9,11,13-15H2,1H3. The molecule has 6 nitrogen and oxygen atoms in total. The third kappa shape index (κ3) is 2.68. The van der Waals surface area contributed by atoms with E-state index in [9.17, 15) is 9.59 Å². The van der Waals surface area contributed by atoms with E-state index in [2.05, 4.69) is 11.1 Å². The summed E-state index contributed by atoms with van der Waals surface area (Å²) in [5.41, 5.74) is 1.30. The number of morpholine rings is 1. The van der Waals surface area contributed by atoms with E-state index in [1.54, 1.807) is 13.1 Å². The third-order valence-electron chi connectivity index (χ3n) is 7.66. The Hall–Kier alpha value is -1.95. The molecule has 2 amide bonds. The number of hydrogen-bond acceptors (Lipinski definition) is 4. The van der Waals surface area contributed by atoms with E-state index >= 15 is 0 Å². The van der Waals surface area contributed by atoms with Crippen LogP contribution in [0.5, 0.6) is 0 Å². The highest BCUT2D eigenvalue weighted by atomic mass is 16.5. The van der Waals surface area contributed by atoms with Gasteiger partial charge in [-0.15, -0.1) is 0 Å². The first-order chi connectivity index (χ1) is 13.5. The van der Waals surface area contributed by atoms with Crippen LogP contribution < -0.4 is 0 Å². The van der Waals surface area contributed by atoms with Crippen molar-refractivity contribution in [1.82, 2.24) is 14.8 Å². The zero-order chi connectivity index (χ0) is 19.4. The van der Waals surface area contributed by atoms with Crippen molar-refractivity contribution in [2.45, 2.75) is 69.6 Å². The predicted octanol–water partition coefficient (Wildman–Crippen LogP) is 2.70. The fourth-order valence-electron chi connectivity index (χ4n) is 5.80. The van der Waals surface area contributed by atoms with Crippen molar-refractivity contribution in [3.8, 4) is 0 Å². The van der Waals surface area contributed by atoms with Crippen LogP contribution in [0.2, 0.25) is 0 Å². The summed E-state index contributed by atoms with van der Waals surface area (Å²) < 4.78 is 6.09. The first-order valence-corrected chi connectivity index (χ1v) is 10.6. The number of carbonyl (C=O) groups is 2. The van der Waals surface area contributed by atoms with Gasteiger partial charge in [0.25, 0.3) is 0 Å². The highest BCUT2D eigenvalue weighted by molar-refractivity contribution is 5.79. The van der Waals surface area contributed by atoms with Gasteiger partial charge in [-0.2, -0.15) is 0 Å². The minimum absolute atomic E-state index is 0.101. The molecule has 28 heavy (non-hydrogen) atoms. The number of hydrogen-bond donors (Lipinski definition) is 0. The monoisotopic (exact) mass is 383 g/mol. The molecule has 3 heterocycles. The summed E-state index contributed by atoms with van der Waals surface area (Å²) >= 11 is 0. The van der Waals surface area contributed by atoms with E-state index in [0.29, 0.717) is 19.6 Å². The molecule has 2 unspecified atom stereocenters. The molecule has 4 aliphatic rings. The van der Waals surface area contributed by atoms with Crippen LogP contribution in [0.3, 0.4) is 0 Å². The van der Waals surface area contributed by atoms with Gasteiger partial charge in [0.1, 0.15) is 0 Å². The molecule has 2 atom stereocenters. The van der Waals surface area contributed by atoms with Gasteiger partial charge in [-0.25, -0.2) is 0 Å². The fourth-order valence-corrected chi connectivity index (χ4v) is 5.80. The molecular formula is C22H29N3O3. The van der Waals surface area contributed by atoms with E-state index in [1.165, 1.54) is 19.3 Å². The zero-order valence-corrected chi connectivity index (χ0v) is 16.6. The van der Waals surface area contributed by atoms with Crippen LogP contribution in [0.4, 0.5) is 0 Å². The van der Waals surface area contributed by atoms with Crippen molar-refractivity contribution in [2.24, 2.45) is 5.41 Å². The predicted molar refractivity (Wildman–Crippen MR) is 103 cm³/mol. The minimum atomic E-state index is -0.199. The molecule has 2 spiro atoms. The Balaban J connectivity index is 1.27. The van der Waals surface area contributed by atoms with Gasteiger partial charge < -0.3 is 14.5 Å². The molecule has 4 fully saturated rings. The average molecular weight is 383 g/mol. The average Bonchev–Trinajstić information content (AvgIpc) is 2.59. The van der Waals surface area contributed by atoms with E-state index < -0.39 is 0 Å². The summed E-state index contributed by atoms with van der Waals surface area (Å²) in [6.45, 7) is 3.59. The smallest absolute Gasteiger partial charge is 0.225 e. The SMILES string of the molecule is CC(=O)N1CC(CC(=O)N2CC3(CCC3)C2c2cccnc2)OCC12CCC2. The third-order valence-corrected chi connectivity index (χ3v) is 7.66. The Morgan fingerprint density at radius 2 is 2.04 bits per heavy atom. The lowest BCUT2D eigenvalue weighted by molar-refractivity contribution is -0.183. The Labute approximate surface area is 166 Å². The highest BCUT2D eigenvalue weighted by Gasteiger charge is 2.58. The second kappa shape index (κ2) is 6.55. The van der Waals surface area contributed by atoms with Crippen molar-refractivity contribution >= 4 is 11.8 Å². The van der Waals surface area contributed by atoms with Crippen molar-refractivity contribution < 1.29 is 14.3 Å². The van der Waals surface area contributed by atoms with Gasteiger partial charge in [-0.1, -0.05) is 12.5 Å². The van der Waals surface area contributed by atoms with Gasteiger partial charge in [0.15, 0.2) is 0 Å². The fraction of sp³-hybridized carbons (Fsp3) is 0.682. The van der Waals surface area contributed by atoms with Gasteiger partial charge in [-0.05, 0) is 43.7 Å². The van der Waals surface area contributed by atoms with E-state index in [-0.39, 0.29) is 34.9 Å². The molecular weight excluding hydrogens is 354 g/mol. The zero-order valence-electron chi connectivity index (χ0n) is 16.6. The van der Waals surface area contributed by atoms with Crippen LogP contribution >= 0.6 is 0 Å². The molecule has 0 aromatic carbocycles. The molecule has 0 radical (unpaired) electrons. The minimum Gasteiger partial charge on any atom is -0.373 e. The van der Waals surface area contributed by atoms with Crippen LogP contribution in [0.1, 0.15) is 63.5 Å². The molecule has 2 saturated heterocycles. The summed E-state index contributed by atoms with van der Waals surface area (Å²) in [7, 11) is 0. The lowest BCUT2D eigenvalue weighted by Crippen LogP contribution is -2.66. The first-order valence-electron chi connectivity index (χ1n) is 10.6. The van der Waals surface area contributed by atoms with Crippen molar-refractivity contribution in [2.75, 3.05) is 19.7 Å². The van der Waals surface area contributed by atoms with Crippen LogP contribution in [-0.2, 0) is 14.3 Å². The van der Waals surface area contributed by atoms with Crippen LogP contribution in [0, 0.1) is 5.41 Å². The van der Waals surface area contributed by atoms with Gasteiger partial charge in [-0.3, -0.25) is 14.6 Å². The second-order valence-electron chi connectivity index (χ2n) is 9.27. The Morgan fingerprint density at radius 1 is 1.25 bits per heavy atom. The Bertz CT molecular complexity index is 772. The molecule has 150 valence electrons. The molecule has 5 rings (SSSR count). The number of ether oxygens (including phenoxy) is 1. The summed E-state index contributed by atoms with van der Waals surface area (Å²) in [5.74, 6) is 0.246. The van der Waals surface area contributed by atoms with Crippen LogP contribution in [0.25, 0.3) is 0 Å². The van der Waals surface area contributed by atoms with Crippen LogP contribution in [0.15, 0.2) is 24.5 Å². The number of carbonyl (C=O) groups excluding carboxylic acids is 2. The van der Waals surface area contributed by atoms with Gasteiger partial charge in [0.05, 0.1) is 30.7 Å². The molecule has 1 aromatic rings. The van der Waals surface area contributed by atoms with Gasteiger partial charge >= 0.3 is 0 Å². The number of rotatable bonds is 3. The van der Waals surface area contributed by atoms with E-state index in [0.717, 1.165) is 31.4 Å². The van der Waals surface area contributed by atoms with Crippen molar-refractivity contribution in [1.29, 1.82) is 0 Å². The molecule has 0 N–H and O–H groups in total. The molecule has 2 aliphatic heterocycles. The number of amides is 2. The van der Waals surface area contributed by atoms with Gasteiger partial charge in [0.2, 0.25) is 11.8 Å². The summed E-state index contributed by atoms with van der Waals surface area (Å²) in [4.78, 5) is 33.6. The molecule has 0 bridgehead atoms. The number of aromatic nitrogens is 1. The molecule has 2 saturated carbocycles.